The first-order chi connectivity index (χ1) is 9.15. The van der Waals surface area contributed by atoms with E-state index in [9.17, 15) is 5.11 Å². The van der Waals surface area contributed by atoms with Gasteiger partial charge in [-0.25, -0.2) is 9.97 Å². The van der Waals surface area contributed by atoms with Crippen molar-refractivity contribution >= 4 is 11.6 Å². The quantitative estimate of drug-likeness (QED) is 0.657. The smallest absolute Gasteiger partial charge is 0.135 e. The van der Waals surface area contributed by atoms with Crippen LogP contribution in [0.3, 0.4) is 0 Å². The van der Waals surface area contributed by atoms with Gasteiger partial charge in [-0.05, 0) is 13.3 Å². The normalized spacial score (nSPS) is 12.3. The molecule has 108 valence electrons. The highest BCUT2D eigenvalue weighted by molar-refractivity contribution is 5.57. The number of rotatable bonds is 8. The zero-order valence-electron chi connectivity index (χ0n) is 12.2. The summed E-state index contributed by atoms with van der Waals surface area (Å²) in [6.45, 7) is 4.47. The topological polar surface area (TPSA) is 79.3 Å². The molecule has 1 rings (SSSR count). The molecule has 0 saturated carbocycles. The number of nitrogens with zero attached hydrogens (tertiary/aromatic N) is 2. The third-order valence-corrected chi connectivity index (χ3v) is 2.83. The number of aryl methyl sites for hydroxylation is 1. The van der Waals surface area contributed by atoms with Gasteiger partial charge in [0.05, 0.1) is 19.3 Å². The van der Waals surface area contributed by atoms with Crippen molar-refractivity contribution in [2.75, 3.05) is 38.0 Å². The van der Waals surface area contributed by atoms with Crippen molar-refractivity contribution in [1.82, 2.24) is 9.97 Å². The number of aromatic nitrogens is 2. The summed E-state index contributed by atoms with van der Waals surface area (Å²) in [5.74, 6) is 2.36. The van der Waals surface area contributed by atoms with Crippen molar-refractivity contribution in [3.8, 4) is 0 Å². The highest BCUT2D eigenvalue weighted by Crippen LogP contribution is 2.20. The number of aliphatic hydroxyl groups excluding tert-OH is 1. The van der Waals surface area contributed by atoms with Crippen molar-refractivity contribution < 1.29 is 9.84 Å². The first kappa shape index (κ1) is 15.7. The lowest BCUT2D eigenvalue weighted by Gasteiger charge is -2.19. The van der Waals surface area contributed by atoms with Gasteiger partial charge in [0.2, 0.25) is 0 Å². The highest BCUT2D eigenvalue weighted by Gasteiger charge is 2.13. The molecule has 0 fully saturated rings. The summed E-state index contributed by atoms with van der Waals surface area (Å²) in [6.07, 6.45) is 1.82. The van der Waals surface area contributed by atoms with Gasteiger partial charge in [-0.2, -0.15) is 0 Å². The Morgan fingerprint density at radius 3 is 2.53 bits per heavy atom. The summed E-state index contributed by atoms with van der Waals surface area (Å²) in [4.78, 5) is 8.98. The predicted octanol–water partition coefficient (Wildman–Crippen LogP) is 1.20. The molecule has 1 atom stereocenters. The summed E-state index contributed by atoms with van der Waals surface area (Å²) in [5.41, 5.74) is 0.942. The fourth-order valence-electron chi connectivity index (χ4n) is 1.82. The lowest BCUT2D eigenvalue weighted by molar-refractivity contribution is 0.153. The van der Waals surface area contributed by atoms with E-state index in [4.69, 9.17) is 4.74 Å². The first-order valence-corrected chi connectivity index (χ1v) is 6.57. The van der Waals surface area contributed by atoms with E-state index in [2.05, 4.69) is 27.5 Å². The van der Waals surface area contributed by atoms with E-state index < -0.39 is 0 Å². The van der Waals surface area contributed by atoms with Crippen LogP contribution < -0.4 is 10.6 Å². The third kappa shape index (κ3) is 4.33. The van der Waals surface area contributed by atoms with Gasteiger partial charge in [0, 0.05) is 26.1 Å². The summed E-state index contributed by atoms with van der Waals surface area (Å²) in [6, 6.07) is -0.169. The van der Waals surface area contributed by atoms with Crippen LogP contribution in [0.5, 0.6) is 0 Å². The average molecular weight is 268 g/mol. The lowest BCUT2D eigenvalue weighted by atomic mass is 10.2. The van der Waals surface area contributed by atoms with Gasteiger partial charge in [0.15, 0.2) is 0 Å². The summed E-state index contributed by atoms with van der Waals surface area (Å²) in [5, 5.41) is 15.6. The molecular formula is C13H24N4O2. The van der Waals surface area contributed by atoms with Gasteiger partial charge >= 0.3 is 0 Å². The van der Waals surface area contributed by atoms with Gasteiger partial charge in [-0.15, -0.1) is 0 Å². The van der Waals surface area contributed by atoms with E-state index in [1.54, 1.807) is 7.11 Å². The number of anilines is 2. The molecular weight excluding hydrogens is 244 g/mol. The molecule has 0 spiro atoms. The molecule has 0 bridgehead atoms. The molecule has 0 aliphatic heterocycles. The molecule has 1 aromatic rings. The Hall–Kier alpha value is -1.40. The average Bonchev–Trinajstić information content (AvgIpc) is 2.41. The molecule has 0 aromatic carbocycles. The van der Waals surface area contributed by atoms with Gasteiger partial charge < -0.3 is 20.5 Å². The molecule has 1 aromatic heterocycles. The second-order valence-electron chi connectivity index (χ2n) is 4.44. The molecule has 0 aliphatic rings. The van der Waals surface area contributed by atoms with Gasteiger partial charge in [0.25, 0.3) is 0 Å². The second-order valence-corrected chi connectivity index (χ2v) is 4.44. The Labute approximate surface area is 114 Å². The van der Waals surface area contributed by atoms with Crippen molar-refractivity contribution in [1.29, 1.82) is 0 Å². The van der Waals surface area contributed by atoms with Crippen LogP contribution in [-0.2, 0) is 11.2 Å². The predicted molar refractivity (Wildman–Crippen MR) is 76.7 cm³/mol. The summed E-state index contributed by atoms with van der Waals surface area (Å²) >= 11 is 0. The fraction of sp³-hybridized carbons (Fsp3) is 0.692. The third-order valence-electron chi connectivity index (χ3n) is 2.83. The fourth-order valence-corrected chi connectivity index (χ4v) is 1.82. The number of aliphatic hydroxyl groups is 1. The maximum Gasteiger partial charge on any atom is 0.135 e. The van der Waals surface area contributed by atoms with Crippen LogP contribution in [0, 0.1) is 6.92 Å². The van der Waals surface area contributed by atoms with Crippen LogP contribution in [0.25, 0.3) is 0 Å². The number of ether oxygens (including phenoxy) is 1. The molecule has 6 heteroatoms. The minimum absolute atomic E-state index is 0.00468. The number of methoxy groups -OCH3 is 1. The van der Waals surface area contributed by atoms with Crippen molar-refractivity contribution in [2.24, 2.45) is 0 Å². The zero-order valence-corrected chi connectivity index (χ0v) is 12.2. The molecule has 0 amide bonds. The molecule has 19 heavy (non-hydrogen) atoms. The van der Waals surface area contributed by atoms with Crippen LogP contribution in [-0.4, -0.2) is 48.5 Å². The van der Waals surface area contributed by atoms with Crippen LogP contribution in [0.15, 0.2) is 0 Å². The largest absolute Gasteiger partial charge is 0.394 e. The Morgan fingerprint density at radius 1 is 1.32 bits per heavy atom. The second kappa shape index (κ2) is 7.91. The molecule has 0 aliphatic carbocycles. The summed E-state index contributed by atoms with van der Waals surface area (Å²) < 4.78 is 5.06. The minimum atomic E-state index is -0.169. The summed E-state index contributed by atoms with van der Waals surface area (Å²) in [7, 11) is 3.45. The van der Waals surface area contributed by atoms with Crippen molar-refractivity contribution in [3.05, 3.63) is 11.4 Å². The Morgan fingerprint density at radius 2 is 2.00 bits per heavy atom. The van der Waals surface area contributed by atoms with Crippen LogP contribution >= 0.6 is 0 Å². The Bertz CT molecular complexity index is 398. The first-order valence-electron chi connectivity index (χ1n) is 6.57. The molecule has 0 saturated heterocycles. The number of hydrogen-bond acceptors (Lipinski definition) is 6. The van der Waals surface area contributed by atoms with E-state index in [0.29, 0.717) is 6.61 Å². The van der Waals surface area contributed by atoms with Crippen molar-refractivity contribution in [3.63, 3.8) is 0 Å². The standard InChI is InChI=1S/C13H24N4O2/c1-5-6-11-16-12(14-3)9(2)13(17-11)15-10(7-18)8-19-4/h10,18H,5-8H2,1-4H3,(H2,14,15,16,17). The van der Waals surface area contributed by atoms with E-state index in [0.717, 1.165) is 35.9 Å². The van der Waals surface area contributed by atoms with Crippen LogP contribution in [0.1, 0.15) is 24.7 Å². The maximum atomic E-state index is 9.31. The SMILES string of the molecule is CCCc1nc(NC)c(C)c(NC(CO)COC)n1. The van der Waals surface area contributed by atoms with E-state index in [1.165, 1.54) is 0 Å². The minimum Gasteiger partial charge on any atom is -0.394 e. The molecule has 1 heterocycles. The van der Waals surface area contributed by atoms with Gasteiger partial charge in [0.1, 0.15) is 17.5 Å². The highest BCUT2D eigenvalue weighted by atomic mass is 16.5. The van der Waals surface area contributed by atoms with E-state index in [-0.39, 0.29) is 12.6 Å². The maximum absolute atomic E-state index is 9.31. The van der Waals surface area contributed by atoms with Gasteiger partial charge in [-0.1, -0.05) is 6.92 Å². The molecule has 1 unspecified atom stereocenters. The lowest BCUT2D eigenvalue weighted by Crippen LogP contribution is -2.30. The molecule has 6 nitrogen and oxygen atoms in total. The Balaban J connectivity index is 2.99. The van der Waals surface area contributed by atoms with Gasteiger partial charge in [-0.3, -0.25) is 0 Å². The van der Waals surface area contributed by atoms with Crippen molar-refractivity contribution in [2.45, 2.75) is 32.7 Å². The van der Waals surface area contributed by atoms with E-state index in [1.807, 2.05) is 14.0 Å². The van der Waals surface area contributed by atoms with E-state index >= 15 is 0 Å². The zero-order chi connectivity index (χ0) is 14.3. The number of nitrogens with one attached hydrogen (secondary N) is 2. The molecule has 0 radical (unpaired) electrons. The Kier molecular flexibility index (Phi) is 6.52. The molecule has 3 N–H and O–H groups in total. The monoisotopic (exact) mass is 268 g/mol. The van der Waals surface area contributed by atoms with Crippen LogP contribution in [0.2, 0.25) is 0 Å². The van der Waals surface area contributed by atoms with Crippen LogP contribution in [0.4, 0.5) is 11.6 Å². The number of hydrogen-bond donors (Lipinski definition) is 3.